The van der Waals surface area contributed by atoms with Crippen LogP contribution in [0.3, 0.4) is 0 Å². The van der Waals surface area contributed by atoms with Crippen molar-refractivity contribution in [1.29, 1.82) is 0 Å². The molecule has 5 rings (SSSR count). The molecule has 1 saturated heterocycles. The van der Waals surface area contributed by atoms with Crippen LogP contribution in [0.1, 0.15) is 50.6 Å². The van der Waals surface area contributed by atoms with Gasteiger partial charge in [0.05, 0.1) is 18.0 Å². The largest absolute Gasteiger partial charge is 0.494 e. The first-order chi connectivity index (χ1) is 19.0. The van der Waals surface area contributed by atoms with E-state index in [0.717, 1.165) is 35.6 Å². The van der Waals surface area contributed by atoms with Crippen LogP contribution in [0.25, 0.3) is 28.1 Å². The minimum absolute atomic E-state index is 0.371. The SMILES string of the molecule is CCCCCCCOc1ccc(-c2ccc(-n3cc(C4NC(=O)NC4=O)c(-c4ccc(F)cc4)n3)cc2)cc1. The zero-order chi connectivity index (χ0) is 27.2. The van der Waals surface area contributed by atoms with Gasteiger partial charge in [-0.3, -0.25) is 10.1 Å². The van der Waals surface area contributed by atoms with Crippen molar-refractivity contribution >= 4 is 11.9 Å². The molecule has 3 aromatic carbocycles. The summed E-state index contributed by atoms with van der Waals surface area (Å²) in [6.45, 7) is 2.95. The van der Waals surface area contributed by atoms with Crippen LogP contribution in [-0.2, 0) is 4.79 Å². The van der Waals surface area contributed by atoms with E-state index in [2.05, 4.69) is 17.6 Å². The normalized spacial score (nSPS) is 14.8. The predicted molar refractivity (Wildman–Crippen MR) is 148 cm³/mol. The van der Waals surface area contributed by atoms with E-state index in [1.807, 2.05) is 48.5 Å². The molecule has 1 aliphatic heterocycles. The molecule has 2 heterocycles. The van der Waals surface area contributed by atoms with Crippen LogP contribution in [0.4, 0.5) is 9.18 Å². The number of hydrogen-bond donors (Lipinski definition) is 2. The zero-order valence-electron chi connectivity index (χ0n) is 21.8. The van der Waals surface area contributed by atoms with Crippen molar-refractivity contribution in [2.24, 2.45) is 0 Å². The Balaban J connectivity index is 1.33. The Bertz CT molecular complexity index is 1430. The molecule has 0 aliphatic carbocycles. The Hall–Kier alpha value is -4.46. The number of nitrogens with zero attached hydrogens (tertiary/aromatic N) is 2. The number of aromatic nitrogens is 2. The first-order valence-electron chi connectivity index (χ1n) is 13.3. The lowest BCUT2D eigenvalue weighted by atomic mass is 10.0. The van der Waals surface area contributed by atoms with E-state index in [9.17, 15) is 14.0 Å². The third-order valence-electron chi connectivity index (χ3n) is 6.78. The molecule has 4 aromatic rings. The van der Waals surface area contributed by atoms with Gasteiger partial charge in [-0.2, -0.15) is 5.10 Å². The lowest BCUT2D eigenvalue weighted by molar-refractivity contribution is -0.120. The van der Waals surface area contributed by atoms with Crippen LogP contribution in [0.2, 0.25) is 0 Å². The van der Waals surface area contributed by atoms with Crippen molar-refractivity contribution in [2.45, 2.75) is 45.1 Å². The van der Waals surface area contributed by atoms with E-state index in [0.29, 0.717) is 16.8 Å². The molecule has 0 radical (unpaired) electrons. The molecule has 1 aliphatic rings. The van der Waals surface area contributed by atoms with E-state index in [1.54, 1.807) is 23.0 Å². The van der Waals surface area contributed by atoms with Gasteiger partial charge in [-0.1, -0.05) is 56.9 Å². The number of ether oxygens (including phenoxy) is 1. The molecule has 7 nitrogen and oxygen atoms in total. The predicted octanol–water partition coefficient (Wildman–Crippen LogP) is 6.58. The van der Waals surface area contributed by atoms with E-state index >= 15 is 0 Å². The fourth-order valence-corrected chi connectivity index (χ4v) is 4.64. The van der Waals surface area contributed by atoms with Gasteiger partial charge in [0.1, 0.15) is 17.6 Å². The second kappa shape index (κ2) is 11.9. The molecule has 200 valence electrons. The summed E-state index contributed by atoms with van der Waals surface area (Å²) in [7, 11) is 0. The van der Waals surface area contributed by atoms with Crippen molar-refractivity contribution in [3.05, 3.63) is 90.4 Å². The highest BCUT2D eigenvalue weighted by Crippen LogP contribution is 2.31. The molecular formula is C31H31FN4O3. The number of nitrogens with one attached hydrogen (secondary N) is 2. The Labute approximate surface area is 227 Å². The van der Waals surface area contributed by atoms with Gasteiger partial charge in [0.25, 0.3) is 5.91 Å². The quantitative estimate of drug-likeness (QED) is 0.171. The summed E-state index contributed by atoms with van der Waals surface area (Å²) < 4.78 is 21.1. The lowest BCUT2D eigenvalue weighted by Gasteiger charge is -2.08. The highest BCUT2D eigenvalue weighted by Gasteiger charge is 2.34. The third-order valence-corrected chi connectivity index (χ3v) is 6.78. The van der Waals surface area contributed by atoms with Crippen molar-refractivity contribution in [2.75, 3.05) is 6.61 Å². The maximum absolute atomic E-state index is 13.5. The van der Waals surface area contributed by atoms with Gasteiger partial charge in [-0.05, 0) is 66.1 Å². The van der Waals surface area contributed by atoms with Gasteiger partial charge in [-0.15, -0.1) is 0 Å². The second-order valence-electron chi connectivity index (χ2n) is 9.61. The number of carbonyl (C=O) groups excluding carboxylic acids is 2. The molecule has 1 unspecified atom stereocenters. The van der Waals surface area contributed by atoms with Gasteiger partial charge in [0.2, 0.25) is 0 Å². The Morgan fingerprint density at radius 2 is 1.49 bits per heavy atom. The zero-order valence-corrected chi connectivity index (χ0v) is 21.8. The summed E-state index contributed by atoms with van der Waals surface area (Å²) in [4.78, 5) is 24.2. The Morgan fingerprint density at radius 3 is 2.13 bits per heavy atom. The number of halogens is 1. The fourth-order valence-electron chi connectivity index (χ4n) is 4.64. The number of hydrogen-bond acceptors (Lipinski definition) is 4. The summed E-state index contributed by atoms with van der Waals surface area (Å²) in [5, 5.41) is 9.58. The lowest BCUT2D eigenvalue weighted by Crippen LogP contribution is -2.22. The number of carbonyl (C=O) groups is 2. The molecule has 0 saturated carbocycles. The highest BCUT2D eigenvalue weighted by atomic mass is 19.1. The van der Waals surface area contributed by atoms with Crippen molar-refractivity contribution in [3.8, 4) is 33.8 Å². The summed E-state index contributed by atoms with van der Waals surface area (Å²) in [6, 6.07) is 20.4. The number of benzene rings is 3. The molecule has 0 spiro atoms. The number of amides is 3. The maximum atomic E-state index is 13.5. The van der Waals surface area contributed by atoms with Crippen LogP contribution in [0.15, 0.2) is 79.0 Å². The first kappa shape index (κ1) is 26.2. The summed E-state index contributed by atoms with van der Waals surface area (Å²) >= 11 is 0. The monoisotopic (exact) mass is 526 g/mol. The average Bonchev–Trinajstić information content (AvgIpc) is 3.54. The number of rotatable bonds is 11. The molecule has 1 aromatic heterocycles. The van der Waals surface area contributed by atoms with Gasteiger partial charge in [-0.25, -0.2) is 13.9 Å². The first-order valence-corrected chi connectivity index (χ1v) is 13.3. The summed E-state index contributed by atoms with van der Waals surface area (Å²) in [6.07, 6.45) is 7.76. The number of unbranched alkanes of at least 4 members (excludes halogenated alkanes) is 4. The third kappa shape index (κ3) is 6.17. The van der Waals surface area contributed by atoms with Gasteiger partial charge < -0.3 is 10.1 Å². The van der Waals surface area contributed by atoms with Crippen LogP contribution in [-0.4, -0.2) is 28.3 Å². The number of urea groups is 1. The molecule has 1 fully saturated rings. The summed E-state index contributed by atoms with van der Waals surface area (Å²) in [5.41, 5.74) is 4.53. The highest BCUT2D eigenvalue weighted by molar-refractivity contribution is 6.05. The topological polar surface area (TPSA) is 85.2 Å². The average molecular weight is 527 g/mol. The van der Waals surface area contributed by atoms with Crippen molar-refractivity contribution in [3.63, 3.8) is 0 Å². The summed E-state index contributed by atoms with van der Waals surface area (Å²) in [5.74, 6) is 0.0395. The molecule has 0 bridgehead atoms. The molecule has 8 heteroatoms. The van der Waals surface area contributed by atoms with Crippen molar-refractivity contribution in [1.82, 2.24) is 20.4 Å². The van der Waals surface area contributed by atoms with Crippen LogP contribution in [0.5, 0.6) is 5.75 Å². The van der Waals surface area contributed by atoms with E-state index in [-0.39, 0.29) is 5.82 Å². The minimum atomic E-state index is -0.886. The van der Waals surface area contributed by atoms with E-state index < -0.39 is 18.0 Å². The van der Waals surface area contributed by atoms with Crippen LogP contribution < -0.4 is 15.4 Å². The number of imide groups is 1. The van der Waals surface area contributed by atoms with Gasteiger partial charge >= 0.3 is 6.03 Å². The standard InChI is InChI=1S/C31H31FN4O3/c1-2-3-4-5-6-19-39-26-17-11-22(12-18-26)21-9-15-25(16-10-21)36-20-27(29-30(37)34-31(38)33-29)28(35-36)23-7-13-24(32)14-8-23/h7-18,20,29H,2-6,19H2,1H3,(H2,33,34,37,38). The van der Waals surface area contributed by atoms with E-state index in [4.69, 9.17) is 9.84 Å². The molecule has 39 heavy (non-hydrogen) atoms. The van der Waals surface area contributed by atoms with Crippen LogP contribution >= 0.6 is 0 Å². The molecule has 1 atom stereocenters. The van der Waals surface area contributed by atoms with Gasteiger partial charge in [0.15, 0.2) is 0 Å². The molecular weight excluding hydrogens is 495 g/mol. The maximum Gasteiger partial charge on any atom is 0.322 e. The second-order valence-corrected chi connectivity index (χ2v) is 9.61. The smallest absolute Gasteiger partial charge is 0.322 e. The van der Waals surface area contributed by atoms with E-state index in [1.165, 1.54) is 37.8 Å². The Morgan fingerprint density at radius 1 is 0.846 bits per heavy atom. The van der Waals surface area contributed by atoms with Crippen LogP contribution in [0, 0.1) is 5.82 Å². The molecule has 2 N–H and O–H groups in total. The minimum Gasteiger partial charge on any atom is -0.494 e. The van der Waals surface area contributed by atoms with Gasteiger partial charge in [0, 0.05) is 17.3 Å². The molecule has 3 amide bonds. The Kier molecular flexibility index (Phi) is 8.01. The van der Waals surface area contributed by atoms with Crippen molar-refractivity contribution < 1.29 is 18.7 Å². The fraction of sp³-hybridized carbons (Fsp3) is 0.258.